The van der Waals surface area contributed by atoms with Crippen LogP contribution < -0.4 is 9.88 Å². The SMILES string of the molecule is CCC(Oc1ccccc1S(N)(=O)=O)C(=O)OC. The number of hydrogen-bond acceptors (Lipinski definition) is 5. The lowest BCUT2D eigenvalue weighted by molar-refractivity contribution is -0.149. The molecule has 0 spiro atoms. The number of nitrogens with two attached hydrogens (primary N) is 1. The van der Waals surface area contributed by atoms with Gasteiger partial charge in [0, 0.05) is 0 Å². The molecule has 1 aromatic carbocycles. The van der Waals surface area contributed by atoms with E-state index in [1.807, 2.05) is 0 Å². The molecule has 0 aliphatic rings. The van der Waals surface area contributed by atoms with Crippen molar-refractivity contribution in [3.05, 3.63) is 24.3 Å². The van der Waals surface area contributed by atoms with Gasteiger partial charge in [-0.15, -0.1) is 0 Å². The van der Waals surface area contributed by atoms with Crippen molar-refractivity contribution in [1.29, 1.82) is 0 Å². The Hall–Kier alpha value is -1.60. The maximum absolute atomic E-state index is 11.4. The standard InChI is InChI=1S/C11H15NO5S/c1-3-8(11(13)16-2)17-9-6-4-5-7-10(9)18(12,14)15/h4-8H,3H2,1-2H3,(H2,12,14,15). The van der Waals surface area contributed by atoms with E-state index in [-0.39, 0.29) is 10.6 Å². The molecule has 1 aromatic rings. The fraction of sp³-hybridized carbons (Fsp3) is 0.364. The number of para-hydroxylation sites is 1. The highest BCUT2D eigenvalue weighted by Gasteiger charge is 2.22. The molecule has 0 aromatic heterocycles. The molecule has 6 nitrogen and oxygen atoms in total. The number of primary sulfonamides is 1. The smallest absolute Gasteiger partial charge is 0.347 e. The summed E-state index contributed by atoms with van der Waals surface area (Å²) in [5.74, 6) is -0.529. The van der Waals surface area contributed by atoms with E-state index in [4.69, 9.17) is 9.88 Å². The van der Waals surface area contributed by atoms with Crippen LogP contribution in [0.3, 0.4) is 0 Å². The van der Waals surface area contributed by atoms with Gasteiger partial charge in [0.1, 0.15) is 10.6 Å². The maximum atomic E-state index is 11.4. The highest BCUT2D eigenvalue weighted by Crippen LogP contribution is 2.23. The van der Waals surface area contributed by atoms with Crippen LogP contribution in [0.2, 0.25) is 0 Å². The fourth-order valence-electron chi connectivity index (χ4n) is 1.37. The molecule has 0 bridgehead atoms. The van der Waals surface area contributed by atoms with Crippen LogP contribution in [-0.2, 0) is 19.6 Å². The average Bonchev–Trinajstić information content (AvgIpc) is 2.34. The number of carbonyl (C=O) groups is 1. The van der Waals surface area contributed by atoms with Crippen LogP contribution in [0.1, 0.15) is 13.3 Å². The number of benzene rings is 1. The van der Waals surface area contributed by atoms with Gasteiger partial charge in [-0.3, -0.25) is 0 Å². The zero-order valence-electron chi connectivity index (χ0n) is 10.1. The molecular formula is C11H15NO5S. The monoisotopic (exact) mass is 273 g/mol. The molecule has 0 amide bonds. The van der Waals surface area contributed by atoms with Crippen LogP contribution in [0.4, 0.5) is 0 Å². The molecule has 0 fully saturated rings. The predicted octanol–water partition coefficient (Wildman–Crippen LogP) is 0.664. The Morgan fingerprint density at radius 2 is 2.00 bits per heavy atom. The van der Waals surface area contributed by atoms with Crippen molar-refractivity contribution >= 4 is 16.0 Å². The Morgan fingerprint density at radius 3 is 2.50 bits per heavy atom. The zero-order chi connectivity index (χ0) is 13.8. The lowest BCUT2D eigenvalue weighted by atomic mass is 10.2. The average molecular weight is 273 g/mol. The van der Waals surface area contributed by atoms with Gasteiger partial charge < -0.3 is 9.47 Å². The molecule has 0 saturated carbocycles. The van der Waals surface area contributed by atoms with Crippen molar-refractivity contribution in [2.24, 2.45) is 5.14 Å². The maximum Gasteiger partial charge on any atom is 0.347 e. The van der Waals surface area contributed by atoms with Crippen LogP contribution in [0, 0.1) is 0 Å². The van der Waals surface area contributed by atoms with E-state index < -0.39 is 22.1 Å². The Morgan fingerprint density at radius 1 is 1.39 bits per heavy atom. The zero-order valence-corrected chi connectivity index (χ0v) is 10.9. The van der Waals surface area contributed by atoms with Gasteiger partial charge in [-0.05, 0) is 18.6 Å². The summed E-state index contributed by atoms with van der Waals surface area (Å²) in [6.45, 7) is 1.72. The Balaban J connectivity index is 3.08. The number of rotatable bonds is 5. The van der Waals surface area contributed by atoms with Gasteiger partial charge in [0.05, 0.1) is 7.11 Å². The Kier molecular flexibility index (Phi) is 4.69. The summed E-state index contributed by atoms with van der Waals surface area (Å²) < 4.78 is 32.6. The molecule has 0 radical (unpaired) electrons. The third-order valence-electron chi connectivity index (χ3n) is 2.26. The van der Waals surface area contributed by atoms with Crippen LogP contribution in [0.25, 0.3) is 0 Å². The Labute approximate surface area is 106 Å². The van der Waals surface area contributed by atoms with Gasteiger partial charge in [-0.25, -0.2) is 18.4 Å². The van der Waals surface area contributed by atoms with Crippen LogP contribution in [-0.4, -0.2) is 27.6 Å². The van der Waals surface area contributed by atoms with E-state index in [2.05, 4.69) is 4.74 Å². The summed E-state index contributed by atoms with van der Waals surface area (Å²) in [7, 11) is -2.66. The van der Waals surface area contributed by atoms with Crippen molar-refractivity contribution in [2.45, 2.75) is 24.3 Å². The first-order chi connectivity index (χ1) is 8.40. The molecule has 0 aliphatic heterocycles. The topological polar surface area (TPSA) is 95.7 Å². The predicted molar refractivity (Wildman–Crippen MR) is 64.5 cm³/mol. The first kappa shape index (κ1) is 14.5. The van der Waals surface area contributed by atoms with E-state index in [9.17, 15) is 13.2 Å². The summed E-state index contributed by atoms with van der Waals surface area (Å²) >= 11 is 0. The van der Waals surface area contributed by atoms with Crippen LogP contribution in [0.15, 0.2) is 29.2 Å². The van der Waals surface area contributed by atoms with Gasteiger partial charge in [-0.1, -0.05) is 19.1 Å². The van der Waals surface area contributed by atoms with Gasteiger partial charge in [0.2, 0.25) is 10.0 Å². The second-order valence-corrected chi connectivity index (χ2v) is 5.06. The van der Waals surface area contributed by atoms with Crippen molar-refractivity contribution < 1.29 is 22.7 Å². The number of hydrogen-bond donors (Lipinski definition) is 1. The van der Waals surface area contributed by atoms with Gasteiger partial charge in [0.15, 0.2) is 6.10 Å². The Bertz CT molecular complexity index is 526. The number of methoxy groups -OCH3 is 1. The molecule has 1 atom stereocenters. The number of ether oxygens (including phenoxy) is 2. The number of esters is 1. The lowest BCUT2D eigenvalue weighted by Gasteiger charge is -2.16. The number of carbonyl (C=O) groups excluding carboxylic acids is 1. The quantitative estimate of drug-likeness (QED) is 0.795. The number of sulfonamides is 1. The highest BCUT2D eigenvalue weighted by molar-refractivity contribution is 7.89. The molecule has 0 saturated heterocycles. The second kappa shape index (κ2) is 5.83. The minimum absolute atomic E-state index is 0.0391. The molecule has 2 N–H and O–H groups in total. The summed E-state index contributed by atoms with van der Waals surface area (Å²) in [5, 5.41) is 5.06. The normalized spacial score (nSPS) is 12.8. The summed E-state index contributed by atoms with van der Waals surface area (Å²) in [4.78, 5) is 11.2. The van der Waals surface area contributed by atoms with E-state index in [1.165, 1.54) is 25.3 Å². The first-order valence-corrected chi connectivity index (χ1v) is 6.81. The van der Waals surface area contributed by atoms with Crippen molar-refractivity contribution in [1.82, 2.24) is 0 Å². The molecule has 0 heterocycles. The van der Waals surface area contributed by atoms with Crippen molar-refractivity contribution in [2.75, 3.05) is 7.11 Å². The summed E-state index contributed by atoms with van der Waals surface area (Å²) in [6.07, 6.45) is -0.510. The van der Waals surface area contributed by atoms with E-state index in [1.54, 1.807) is 13.0 Å². The summed E-state index contributed by atoms with van der Waals surface area (Å²) in [6, 6.07) is 5.86. The highest BCUT2D eigenvalue weighted by atomic mass is 32.2. The molecule has 0 aliphatic carbocycles. The first-order valence-electron chi connectivity index (χ1n) is 5.26. The fourth-order valence-corrected chi connectivity index (χ4v) is 2.03. The van der Waals surface area contributed by atoms with E-state index in [0.29, 0.717) is 6.42 Å². The van der Waals surface area contributed by atoms with Gasteiger partial charge in [-0.2, -0.15) is 0 Å². The van der Waals surface area contributed by atoms with Gasteiger partial charge in [0.25, 0.3) is 0 Å². The minimum atomic E-state index is -3.90. The van der Waals surface area contributed by atoms with Crippen LogP contribution >= 0.6 is 0 Å². The summed E-state index contributed by atoms with van der Waals surface area (Å²) in [5.41, 5.74) is 0. The van der Waals surface area contributed by atoms with E-state index >= 15 is 0 Å². The van der Waals surface area contributed by atoms with Crippen molar-refractivity contribution in [3.8, 4) is 5.75 Å². The molecule has 7 heteroatoms. The third-order valence-corrected chi connectivity index (χ3v) is 3.21. The van der Waals surface area contributed by atoms with Crippen molar-refractivity contribution in [3.63, 3.8) is 0 Å². The molecule has 1 rings (SSSR count). The van der Waals surface area contributed by atoms with Gasteiger partial charge >= 0.3 is 5.97 Å². The molecule has 100 valence electrons. The molecular weight excluding hydrogens is 258 g/mol. The second-order valence-electron chi connectivity index (χ2n) is 3.53. The molecule has 1 unspecified atom stereocenters. The van der Waals surface area contributed by atoms with E-state index in [0.717, 1.165) is 0 Å². The molecule has 18 heavy (non-hydrogen) atoms. The third kappa shape index (κ3) is 3.44. The van der Waals surface area contributed by atoms with Crippen LogP contribution in [0.5, 0.6) is 5.75 Å². The largest absolute Gasteiger partial charge is 0.477 e. The lowest BCUT2D eigenvalue weighted by Crippen LogP contribution is -2.28. The minimum Gasteiger partial charge on any atom is -0.477 e.